The van der Waals surface area contributed by atoms with Gasteiger partial charge >= 0.3 is 0 Å². The van der Waals surface area contributed by atoms with E-state index in [0.717, 1.165) is 28.5 Å². The summed E-state index contributed by atoms with van der Waals surface area (Å²) in [5.74, 6) is 0.640. The normalized spacial score (nSPS) is 19.0. The molecule has 1 aromatic carbocycles. The molecule has 6 heteroatoms. The number of carbonyl (C=O) groups is 1. The topological polar surface area (TPSA) is 78.7 Å². The molecule has 0 unspecified atom stereocenters. The lowest BCUT2D eigenvalue weighted by molar-refractivity contribution is -0.117. The van der Waals surface area contributed by atoms with E-state index in [1.807, 2.05) is 43.3 Å². The molecular weight excluding hydrogens is 372 g/mol. The molecule has 3 aromatic rings. The molecule has 0 radical (unpaired) electrons. The minimum Gasteiger partial charge on any atom is -0.310 e. The summed E-state index contributed by atoms with van der Waals surface area (Å²) in [4.78, 5) is 21.3. The Hall–Kier alpha value is -2.97. The number of nitrogens with one attached hydrogen (secondary N) is 1. The number of fused-ring (bicyclic) bond motifs is 1. The number of hydrogen-bond donors (Lipinski definition) is 1. The lowest BCUT2D eigenvalue weighted by atomic mass is 9.96. The van der Waals surface area contributed by atoms with Gasteiger partial charge in [0.05, 0.1) is 6.07 Å². The second kappa shape index (κ2) is 7.57. The minimum absolute atomic E-state index is 0.0328. The van der Waals surface area contributed by atoms with Crippen molar-refractivity contribution in [3.8, 4) is 6.07 Å². The summed E-state index contributed by atoms with van der Waals surface area (Å²) in [7, 11) is 0. The van der Waals surface area contributed by atoms with E-state index in [4.69, 9.17) is 16.9 Å². The SMILES string of the molecule is C[C@@H](CC#N)c1cc2cc(NC(=O)[C@H]3C[C@@H]3c3ccccn3)ncc2cc1Cl. The van der Waals surface area contributed by atoms with Crippen LogP contribution in [-0.2, 0) is 4.79 Å². The Balaban J connectivity index is 1.52. The van der Waals surface area contributed by atoms with E-state index < -0.39 is 0 Å². The van der Waals surface area contributed by atoms with Gasteiger partial charge in [-0.1, -0.05) is 24.6 Å². The van der Waals surface area contributed by atoms with Gasteiger partial charge in [-0.2, -0.15) is 5.26 Å². The number of hydrogen-bond acceptors (Lipinski definition) is 4. The van der Waals surface area contributed by atoms with E-state index >= 15 is 0 Å². The van der Waals surface area contributed by atoms with Crippen LogP contribution in [-0.4, -0.2) is 15.9 Å². The zero-order chi connectivity index (χ0) is 19.7. The second-order valence-electron chi connectivity index (χ2n) is 7.25. The van der Waals surface area contributed by atoms with Crippen LogP contribution in [0, 0.1) is 17.2 Å². The standard InChI is InChI=1S/C22H19ClN4O/c1-13(5-6-24)16-8-14-10-21(26-12-15(14)9-19(16)23)27-22(28)18-11-17(18)20-4-2-3-7-25-20/h2-4,7-10,12-13,17-18H,5,11H2,1H3,(H,26,27,28)/t13-,17-,18-/m0/s1. The Morgan fingerprint density at radius 3 is 2.93 bits per heavy atom. The first-order chi connectivity index (χ1) is 13.6. The lowest BCUT2D eigenvalue weighted by Crippen LogP contribution is -2.15. The molecule has 140 valence electrons. The molecule has 0 saturated heterocycles. The number of amides is 1. The molecule has 1 N–H and O–H groups in total. The maximum atomic E-state index is 12.6. The smallest absolute Gasteiger partial charge is 0.229 e. The zero-order valence-corrected chi connectivity index (χ0v) is 16.1. The number of carbonyl (C=O) groups excluding carboxylic acids is 1. The van der Waals surface area contributed by atoms with Gasteiger partial charge in [-0.15, -0.1) is 0 Å². The number of nitrogens with zero attached hydrogens (tertiary/aromatic N) is 3. The average Bonchev–Trinajstić information content (AvgIpc) is 3.49. The summed E-state index contributed by atoms with van der Waals surface area (Å²) < 4.78 is 0. The van der Waals surface area contributed by atoms with Crippen molar-refractivity contribution in [2.75, 3.05) is 5.32 Å². The van der Waals surface area contributed by atoms with Crippen molar-refractivity contribution in [2.24, 2.45) is 5.92 Å². The third-order valence-electron chi connectivity index (χ3n) is 5.21. The van der Waals surface area contributed by atoms with Crippen LogP contribution in [0.1, 0.15) is 42.9 Å². The fourth-order valence-corrected chi connectivity index (χ4v) is 3.86. The van der Waals surface area contributed by atoms with Gasteiger partial charge in [0.15, 0.2) is 0 Å². The van der Waals surface area contributed by atoms with Gasteiger partial charge in [0.2, 0.25) is 5.91 Å². The van der Waals surface area contributed by atoms with Crippen LogP contribution >= 0.6 is 11.6 Å². The highest BCUT2D eigenvalue weighted by Gasteiger charge is 2.44. The van der Waals surface area contributed by atoms with E-state index in [-0.39, 0.29) is 23.7 Å². The Bertz CT molecular complexity index is 1080. The maximum absolute atomic E-state index is 12.6. The van der Waals surface area contributed by atoms with Crippen molar-refractivity contribution in [3.05, 3.63) is 65.1 Å². The van der Waals surface area contributed by atoms with Crippen LogP contribution < -0.4 is 5.32 Å². The lowest BCUT2D eigenvalue weighted by Gasteiger charge is -2.12. The Morgan fingerprint density at radius 1 is 1.32 bits per heavy atom. The van der Waals surface area contributed by atoms with Gasteiger partial charge in [0.25, 0.3) is 0 Å². The van der Waals surface area contributed by atoms with E-state index in [1.165, 1.54) is 0 Å². The third-order valence-corrected chi connectivity index (χ3v) is 5.54. The molecule has 0 bridgehead atoms. The average molecular weight is 391 g/mol. The number of halogens is 1. The molecule has 0 aliphatic heterocycles. The fourth-order valence-electron chi connectivity index (χ4n) is 3.50. The predicted octanol–water partition coefficient (Wildman–Crippen LogP) is 5.04. The molecule has 4 rings (SSSR count). The quantitative estimate of drug-likeness (QED) is 0.661. The molecule has 1 aliphatic carbocycles. The summed E-state index contributed by atoms with van der Waals surface area (Å²) in [6.07, 6.45) is 4.67. The van der Waals surface area contributed by atoms with Crippen LogP contribution in [0.3, 0.4) is 0 Å². The molecular formula is C22H19ClN4O. The van der Waals surface area contributed by atoms with Crippen molar-refractivity contribution in [3.63, 3.8) is 0 Å². The zero-order valence-electron chi connectivity index (χ0n) is 15.4. The molecule has 1 saturated carbocycles. The molecule has 1 amide bonds. The van der Waals surface area contributed by atoms with E-state index in [9.17, 15) is 4.79 Å². The number of anilines is 1. The van der Waals surface area contributed by atoms with Gasteiger partial charge < -0.3 is 5.32 Å². The van der Waals surface area contributed by atoms with Crippen molar-refractivity contribution in [1.82, 2.24) is 9.97 Å². The van der Waals surface area contributed by atoms with Gasteiger partial charge in [0, 0.05) is 46.8 Å². The van der Waals surface area contributed by atoms with Gasteiger partial charge in [-0.05, 0) is 53.6 Å². The van der Waals surface area contributed by atoms with Crippen LogP contribution in [0.25, 0.3) is 10.8 Å². The highest BCUT2D eigenvalue weighted by Crippen LogP contribution is 2.47. The molecule has 1 aliphatic rings. The van der Waals surface area contributed by atoms with Gasteiger partial charge in [0.1, 0.15) is 5.82 Å². The monoisotopic (exact) mass is 390 g/mol. The van der Waals surface area contributed by atoms with E-state index in [0.29, 0.717) is 17.3 Å². The number of benzene rings is 1. The van der Waals surface area contributed by atoms with E-state index in [2.05, 4.69) is 21.4 Å². The minimum atomic E-state index is -0.0659. The molecule has 1 fully saturated rings. The third kappa shape index (κ3) is 3.69. The van der Waals surface area contributed by atoms with Gasteiger partial charge in [-0.25, -0.2) is 4.98 Å². The maximum Gasteiger partial charge on any atom is 0.229 e. The van der Waals surface area contributed by atoms with Crippen LogP contribution in [0.2, 0.25) is 5.02 Å². The van der Waals surface area contributed by atoms with Crippen LogP contribution in [0.4, 0.5) is 5.82 Å². The summed E-state index contributed by atoms with van der Waals surface area (Å²) in [6, 6.07) is 13.6. The van der Waals surface area contributed by atoms with Crippen molar-refractivity contribution in [2.45, 2.75) is 31.6 Å². The second-order valence-corrected chi connectivity index (χ2v) is 7.65. The van der Waals surface area contributed by atoms with E-state index in [1.54, 1.807) is 12.4 Å². The summed E-state index contributed by atoms with van der Waals surface area (Å²) in [5, 5.41) is 14.3. The summed E-state index contributed by atoms with van der Waals surface area (Å²) in [6.45, 7) is 1.98. The first kappa shape index (κ1) is 18.4. The highest BCUT2D eigenvalue weighted by atomic mass is 35.5. The number of nitriles is 1. The van der Waals surface area contributed by atoms with Crippen LogP contribution in [0.15, 0.2) is 48.8 Å². The molecule has 0 spiro atoms. The molecule has 3 atom stereocenters. The first-order valence-corrected chi connectivity index (χ1v) is 9.62. The Kier molecular flexibility index (Phi) is 4.97. The number of rotatable bonds is 5. The fraction of sp³-hybridized carbons (Fsp3) is 0.273. The van der Waals surface area contributed by atoms with Crippen molar-refractivity contribution < 1.29 is 4.79 Å². The summed E-state index contributed by atoms with van der Waals surface area (Å²) in [5.41, 5.74) is 1.89. The molecule has 2 aromatic heterocycles. The molecule has 5 nitrogen and oxygen atoms in total. The van der Waals surface area contributed by atoms with Crippen molar-refractivity contribution in [1.29, 1.82) is 5.26 Å². The molecule has 28 heavy (non-hydrogen) atoms. The highest BCUT2D eigenvalue weighted by molar-refractivity contribution is 6.32. The Labute approximate surface area is 168 Å². The molecule has 2 heterocycles. The Morgan fingerprint density at radius 2 is 2.18 bits per heavy atom. The first-order valence-electron chi connectivity index (χ1n) is 9.24. The van der Waals surface area contributed by atoms with Crippen molar-refractivity contribution >= 4 is 34.1 Å². The number of pyridine rings is 2. The number of aromatic nitrogens is 2. The van der Waals surface area contributed by atoms with Gasteiger partial charge in [-0.3, -0.25) is 9.78 Å². The predicted molar refractivity (Wildman–Crippen MR) is 109 cm³/mol. The summed E-state index contributed by atoms with van der Waals surface area (Å²) >= 11 is 6.37. The largest absolute Gasteiger partial charge is 0.310 e. The van der Waals surface area contributed by atoms with Crippen LogP contribution in [0.5, 0.6) is 0 Å².